The first-order valence-electron chi connectivity index (χ1n) is 9.43. The minimum Gasteiger partial charge on any atom is -0.375 e. The molecule has 0 saturated carbocycles. The topological polar surface area (TPSA) is 67.3 Å². The number of carbonyl (C=O) groups is 1. The highest BCUT2D eigenvalue weighted by Gasteiger charge is 2.23. The van der Waals surface area contributed by atoms with E-state index in [0.717, 1.165) is 45.7 Å². The summed E-state index contributed by atoms with van der Waals surface area (Å²) in [7, 11) is 0. The molecule has 0 unspecified atom stereocenters. The highest BCUT2D eigenvalue weighted by Crippen LogP contribution is 2.36. The lowest BCUT2D eigenvalue weighted by molar-refractivity contribution is -0.124. The summed E-state index contributed by atoms with van der Waals surface area (Å²) in [4.78, 5) is 24.8. The van der Waals surface area contributed by atoms with Crippen molar-refractivity contribution in [1.29, 1.82) is 0 Å². The largest absolute Gasteiger partial charge is 0.375 e. The van der Waals surface area contributed by atoms with Gasteiger partial charge in [0.25, 0.3) is 0 Å². The normalized spacial score (nSPS) is 17.4. The number of nitrogens with one attached hydrogen (secondary N) is 1. The molecule has 1 aliphatic heterocycles. The molecule has 2 aromatic rings. The molecule has 0 spiro atoms. The van der Waals surface area contributed by atoms with E-state index in [2.05, 4.69) is 34.3 Å². The number of morpholine rings is 1. The van der Waals surface area contributed by atoms with Gasteiger partial charge >= 0.3 is 0 Å². The molecule has 3 rings (SSSR count). The molecule has 0 bridgehead atoms. The van der Waals surface area contributed by atoms with Crippen molar-refractivity contribution in [2.24, 2.45) is 5.92 Å². The third kappa shape index (κ3) is 4.84. The monoisotopic (exact) mass is 388 g/mol. The van der Waals surface area contributed by atoms with Crippen LogP contribution in [-0.4, -0.2) is 41.7 Å². The number of nitrogens with zero attached hydrogens (tertiary/aromatic N) is 3. The molecule has 1 aliphatic rings. The number of hydrogen-bond donors (Lipinski definition) is 1. The van der Waals surface area contributed by atoms with Crippen LogP contribution in [0.1, 0.15) is 37.9 Å². The minimum atomic E-state index is -0.0444. The Morgan fingerprint density at radius 3 is 2.67 bits per heavy atom. The average Bonchev–Trinajstić information content (AvgIpc) is 3.03. The van der Waals surface area contributed by atoms with Crippen molar-refractivity contribution in [2.45, 2.75) is 47.3 Å². The molecule has 1 fully saturated rings. The van der Waals surface area contributed by atoms with Crippen LogP contribution in [0.15, 0.2) is 12.1 Å². The Bertz CT molecular complexity index is 798. The fourth-order valence-electron chi connectivity index (χ4n) is 3.15. The molecule has 1 saturated heterocycles. The summed E-state index contributed by atoms with van der Waals surface area (Å²) in [6.45, 7) is 12.7. The van der Waals surface area contributed by atoms with Gasteiger partial charge in [0.1, 0.15) is 0 Å². The van der Waals surface area contributed by atoms with E-state index in [-0.39, 0.29) is 17.9 Å². The third-order valence-corrected chi connectivity index (χ3v) is 5.70. The summed E-state index contributed by atoms with van der Waals surface area (Å²) in [6, 6.07) is 4.17. The molecule has 146 valence electrons. The van der Waals surface area contributed by atoms with E-state index in [0.29, 0.717) is 13.2 Å². The molecule has 0 aliphatic carbocycles. The van der Waals surface area contributed by atoms with Crippen molar-refractivity contribution in [3.8, 4) is 10.4 Å². The first-order valence-corrected chi connectivity index (χ1v) is 10.2. The second-order valence-electron chi connectivity index (χ2n) is 7.41. The Kier molecular flexibility index (Phi) is 6.11. The molecule has 1 atom stereocenters. The van der Waals surface area contributed by atoms with Gasteiger partial charge in [-0.1, -0.05) is 25.2 Å². The van der Waals surface area contributed by atoms with Gasteiger partial charge in [-0.15, -0.1) is 0 Å². The van der Waals surface area contributed by atoms with Crippen molar-refractivity contribution in [3.63, 3.8) is 0 Å². The molecule has 0 radical (unpaired) electrons. The zero-order chi connectivity index (χ0) is 19.6. The number of aryl methyl sites for hydroxylation is 2. The second-order valence-corrected chi connectivity index (χ2v) is 8.39. The second kappa shape index (κ2) is 8.35. The van der Waals surface area contributed by atoms with Crippen molar-refractivity contribution >= 4 is 22.4 Å². The highest BCUT2D eigenvalue weighted by molar-refractivity contribution is 7.19. The van der Waals surface area contributed by atoms with E-state index in [1.165, 1.54) is 0 Å². The van der Waals surface area contributed by atoms with Gasteiger partial charge < -0.3 is 15.0 Å². The number of hydrogen-bond acceptors (Lipinski definition) is 6. The number of aromatic nitrogens is 2. The summed E-state index contributed by atoms with van der Waals surface area (Å²) in [5.74, 6) is -0.00496. The van der Waals surface area contributed by atoms with Crippen LogP contribution >= 0.6 is 11.3 Å². The van der Waals surface area contributed by atoms with Crippen LogP contribution in [0.3, 0.4) is 0 Å². The number of carbonyl (C=O) groups excluding carboxylic acids is 1. The summed E-state index contributed by atoms with van der Waals surface area (Å²) < 4.78 is 5.66. The predicted molar refractivity (Wildman–Crippen MR) is 109 cm³/mol. The van der Waals surface area contributed by atoms with Crippen LogP contribution in [0, 0.1) is 19.8 Å². The average molecular weight is 389 g/mol. The van der Waals surface area contributed by atoms with E-state index in [9.17, 15) is 4.79 Å². The zero-order valence-electron chi connectivity index (χ0n) is 16.7. The molecule has 6 nitrogen and oxygen atoms in total. The number of amides is 1. The number of pyridine rings is 1. The van der Waals surface area contributed by atoms with Gasteiger partial charge in [-0.3, -0.25) is 9.78 Å². The Balaban J connectivity index is 1.94. The maximum absolute atomic E-state index is 12.1. The first kappa shape index (κ1) is 19.8. The summed E-state index contributed by atoms with van der Waals surface area (Å²) in [5, 5.41) is 4.00. The summed E-state index contributed by atoms with van der Waals surface area (Å²) in [6.07, 6.45) is 0.195. The number of anilines is 1. The molecule has 3 heterocycles. The molecule has 27 heavy (non-hydrogen) atoms. The maximum Gasteiger partial charge on any atom is 0.222 e. The molecular weight excluding hydrogens is 360 g/mol. The minimum absolute atomic E-state index is 0.0394. The molecule has 2 aromatic heterocycles. The van der Waals surface area contributed by atoms with Gasteiger partial charge in [0.15, 0.2) is 5.13 Å². The molecule has 1 N–H and O–H groups in total. The maximum atomic E-state index is 12.1. The number of thiazole rings is 1. The smallest absolute Gasteiger partial charge is 0.222 e. The predicted octanol–water partition coefficient (Wildman–Crippen LogP) is 3.32. The lowest BCUT2D eigenvalue weighted by Gasteiger charge is -2.30. The van der Waals surface area contributed by atoms with E-state index < -0.39 is 0 Å². The standard InChI is InChI=1S/C20H28N4O2S/c1-12(2)19(25)21-10-17-18(16-8-13(3)22-14(4)9-16)27-20(23-17)24-6-7-26-15(5)11-24/h8-9,12,15H,6-7,10-11H2,1-5H3,(H,21,25)/t15-/m1/s1. The summed E-state index contributed by atoms with van der Waals surface area (Å²) in [5.41, 5.74) is 3.99. The number of rotatable bonds is 5. The lowest BCUT2D eigenvalue weighted by Crippen LogP contribution is -2.41. The van der Waals surface area contributed by atoms with Crippen LogP contribution in [0.2, 0.25) is 0 Å². The van der Waals surface area contributed by atoms with E-state index in [1.807, 2.05) is 27.7 Å². The quantitative estimate of drug-likeness (QED) is 0.851. The van der Waals surface area contributed by atoms with Crippen LogP contribution in [0.5, 0.6) is 0 Å². The fraction of sp³-hybridized carbons (Fsp3) is 0.550. The molecule has 0 aromatic carbocycles. The van der Waals surface area contributed by atoms with E-state index in [4.69, 9.17) is 9.72 Å². The molecular formula is C20H28N4O2S. The summed E-state index contributed by atoms with van der Waals surface area (Å²) >= 11 is 1.68. The zero-order valence-corrected chi connectivity index (χ0v) is 17.5. The van der Waals surface area contributed by atoms with Crippen LogP contribution in [-0.2, 0) is 16.1 Å². The van der Waals surface area contributed by atoms with Gasteiger partial charge in [-0.25, -0.2) is 4.98 Å². The van der Waals surface area contributed by atoms with E-state index >= 15 is 0 Å². The Morgan fingerprint density at radius 2 is 2.04 bits per heavy atom. The van der Waals surface area contributed by atoms with Gasteiger partial charge in [-0.05, 0) is 38.5 Å². The van der Waals surface area contributed by atoms with Crippen molar-refractivity contribution in [1.82, 2.24) is 15.3 Å². The van der Waals surface area contributed by atoms with Gasteiger partial charge in [0, 0.05) is 30.4 Å². The SMILES string of the molecule is Cc1cc(-c2sc(N3CCO[C@H](C)C3)nc2CNC(=O)C(C)C)cc(C)n1. The van der Waals surface area contributed by atoms with Gasteiger partial charge in [0.2, 0.25) is 5.91 Å². The van der Waals surface area contributed by atoms with Crippen LogP contribution in [0.25, 0.3) is 10.4 Å². The Hall–Kier alpha value is -1.99. The Morgan fingerprint density at radius 1 is 1.33 bits per heavy atom. The number of ether oxygens (including phenoxy) is 1. The third-order valence-electron chi connectivity index (χ3n) is 4.50. The van der Waals surface area contributed by atoms with Gasteiger partial charge in [0.05, 0.1) is 29.8 Å². The lowest BCUT2D eigenvalue weighted by atomic mass is 10.1. The van der Waals surface area contributed by atoms with E-state index in [1.54, 1.807) is 11.3 Å². The van der Waals surface area contributed by atoms with Crippen molar-refractivity contribution in [2.75, 3.05) is 24.6 Å². The van der Waals surface area contributed by atoms with Crippen LogP contribution < -0.4 is 10.2 Å². The van der Waals surface area contributed by atoms with Crippen molar-refractivity contribution < 1.29 is 9.53 Å². The van der Waals surface area contributed by atoms with Crippen molar-refractivity contribution in [3.05, 3.63) is 29.2 Å². The van der Waals surface area contributed by atoms with Gasteiger partial charge in [-0.2, -0.15) is 0 Å². The Labute approximate surface area is 165 Å². The van der Waals surface area contributed by atoms with Crippen LogP contribution in [0.4, 0.5) is 5.13 Å². The molecule has 7 heteroatoms. The molecule has 1 amide bonds. The highest BCUT2D eigenvalue weighted by atomic mass is 32.1. The fourth-order valence-corrected chi connectivity index (χ4v) is 4.26. The first-order chi connectivity index (χ1) is 12.8.